The summed E-state index contributed by atoms with van der Waals surface area (Å²) in [7, 11) is -3.95. The molecule has 212 valence electrons. The van der Waals surface area contributed by atoms with Crippen LogP contribution in [0, 0.1) is 0 Å². The molecule has 0 aliphatic carbocycles. The number of amides is 1. The number of rotatable bonds is 8. The molecule has 2 aromatic carbocycles. The smallest absolute Gasteiger partial charge is 0.410 e. The summed E-state index contributed by atoms with van der Waals surface area (Å²) in [5.41, 5.74) is 0.397. The summed E-state index contributed by atoms with van der Waals surface area (Å²) in [6.45, 7) is 5.40. The van der Waals surface area contributed by atoms with Crippen LogP contribution in [0.5, 0.6) is 5.75 Å². The summed E-state index contributed by atoms with van der Waals surface area (Å²) in [6, 6.07) is 13.2. The molecular formula is C29H32N2O8S. The van der Waals surface area contributed by atoms with Gasteiger partial charge in [0.1, 0.15) is 17.5 Å². The number of carbonyl (C=O) groups excluding carboxylic acids is 1. The molecule has 1 aliphatic rings. The number of benzene rings is 2. The van der Waals surface area contributed by atoms with Crippen LogP contribution in [0.1, 0.15) is 54.8 Å². The minimum atomic E-state index is -3.95. The molecule has 0 bridgehead atoms. The van der Waals surface area contributed by atoms with E-state index in [1.165, 1.54) is 41.4 Å². The molecule has 11 heteroatoms. The van der Waals surface area contributed by atoms with Gasteiger partial charge in [-0.2, -0.15) is 0 Å². The monoisotopic (exact) mass is 568 g/mol. The Morgan fingerprint density at radius 1 is 1.12 bits per heavy atom. The number of sulfone groups is 1. The van der Waals surface area contributed by atoms with Crippen LogP contribution in [0.3, 0.4) is 0 Å². The van der Waals surface area contributed by atoms with Crippen molar-refractivity contribution in [2.24, 2.45) is 0 Å². The first-order valence-electron chi connectivity index (χ1n) is 12.8. The lowest BCUT2D eigenvalue weighted by atomic mass is 10.0. The maximum Gasteiger partial charge on any atom is 0.410 e. The van der Waals surface area contributed by atoms with Crippen molar-refractivity contribution in [1.29, 1.82) is 0 Å². The van der Waals surface area contributed by atoms with E-state index in [4.69, 9.17) is 9.47 Å². The van der Waals surface area contributed by atoms with Crippen molar-refractivity contribution in [3.05, 3.63) is 83.7 Å². The summed E-state index contributed by atoms with van der Waals surface area (Å²) < 4.78 is 38.1. The second-order valence-electron chi connectivity index (χ2n) is 10.6. The number of ether oxygens (including phenoxy) is 2. The minimum Gasteiger partial charge on any atom is -0.488 e. The van der Waals surface area contributed by atoms with E-state index in [1.54, 1.807) is 45.2 Å². The molecule has 3 aromatic rings. The standard InChI is InChI=1S/C29H32N2O8S/c1-29(2,3)39-28(35)31(18-25(32)21-7-5-13-30-16-21)17-22-10-9-19-14-24(11-12-26(19)38-22)40(36,37)23-8-4-6-20(15-23)27(33)34/h4-8,11-16,22,25,32H,9-10,17-18H2,1-3H3,(H,33,34)/t22-,25+/m1/s1. The molecule has 0 saturated heterocycles. The Morgan fingerprint density at radius 2 is 1.88 bits per heavy atom. The Bertz CT molecular complexity index is 1490. The highest BCUT2D eigenvalue weighted by atomic mass is 32.2. The molecule has 0 fully saturated rings. The highest BCUT2D eigenvalue weighted by molar-refractivity contribution is 7.91. The fourth-order valence-corrected chi connectivity index (χ4v) is 5.69. The van der Waals surface area contributed by atoms with Crippen LogP contribution >= 0.6 is 0 Å². The number of fused-ring (bicyclic) bond motifs is 1. The van der Waals surface area contributed by atoms with Crippen molar-refractivity contribution in [2.75, 3.05) is 13.1 Å². The van der Waals surface area contributed by atoms with Crippen molar-refractivity contribution in [2.45, 2.75) is 61.2 Å². The van der Waals surface area contributed by atoms with Gasteiger partial charge >= 0.3 is 12.1 Å². The van der Waals surface area contributed by atoms with E-state index >= 15 is 0 Å². The predicted molar refractivity (Wildman–Crippen MR) is 145 cm³/mol. The molecule has 2 heterocycles. The Hall–Kier alpha value is -3.96. The van der Waals surface area contributed by atoms with Crippen molar-refractivity contribution in [3.8, 4) is 5.75 Å². The van der Waals surface area contributed by atoms with E-state index in [-0.39, 0.29) is 28.4 Å². The van der Waals surface area contributed by atoms with Crippen LogP contribution in [-0.4, -0.2) is 65.4 Å². The van der Waals surface area contributed by atoms with Crippen molar-refractivity contribution >= 4 is 21.9 Å². The second kappa shape index (κ2) is 11.6. The number of aryl methyl sites for hydroxylation is 1. The predicted octanol–water partition coefficient (Wildman–Crippen LogP) is 4.28. The van der Waals surface area contributed by atoms with Gasteiger partial charge in [0.05, 0.1) is 34.5 Å². The number of aromatic carboxylic acids is 1. The van der Waals surface area contributed by atoms with Crippen molar-refractivity contribution < 1.29 is 37.7 Å². The van der Waals surface area contributed by atoms with E-state index in [0.717, 1.165) is 6.07 Å². The lowest BCUT2D eigenvalue weighted by Gasteiger charge is -2.33. The van der Waals surface area contributed by atoms with Gasteiger partial charge in [0, 0.05) is 18.0 Å². The third-order valence-corrected chi connectivity index (χ3v) is 8.05. The van der Waals surface area contributed by atoms with E-state index in [1.807, 2.05) is 0 Å². The molecule has 2 atom stereocenters. The molecule has 0 radical (unpaired) electrons. The van der Waals surface area contributed by atoms with Crippen LogP contribution in [-0.2, 0) is 21.0 Å². The maximum atomic E-state index is 13.2. The fourth-order valence-electron chi connectivity index (χ4n) is 4.33. The molecule has 2 N–H and O–H groups in total. The molecule has 0 saturated carbocycles. The fraction of sp³-hybridized carbons (Fsp3) is 0.345. The zero-order valence-electron chi connectivity index (χ0n) is 22.5. The Labute approximate surface area is 233 Å². The van der Waals surface area contributed by atoms with E-state index in [0.29, 0.717) is 29.7 Å². The van der Waals surface area contributed by atoms with E-state index in [9.17, 15) is 28.2 Å². The summed E-state index contributed by atoms with van der Waals surface area (Å²) >= 11 is 0. The SMILES string of the molecule is CC(C)(C)OC(=O)N(C[C@H]1CCc2cc(S(=O)(=O)c3cccc(C(=O)O)c3)ccc2O1)C[C@H](O)c1cccnc1. The molecule has 4 rings (SSSR count). The molecule has 1 aliphatic heterocycles. The molecular weight excluding hydrogens is 536 g/mol. The number of nitrogens with zero attached hydrogens (tertiary/aromatic N) is 2. The lowest BCUT2D eigenvalue weighted by Crippen LogP contribution is -2.45. The molecule has 0 unspecified atom stereocenters. The topological polar surface area (TPSA) is 143 Å². The number of hydrogen-bond acceptors (Lipinski definition) is 8. The highest BCUT2D eigenvalue weighted by Gasteiger charge is 2.30. The van der Waals surface area contributed by atoms with Gasteiger partial charge in [0.25, 0.3) is 0 Å². The summed E-state index contributed by atoms with van der Waals surface area (Å²) in [6.07, 6.45) is 2.13. The number of aliphatic hydroxyl groups is 1. The van der Waals surface area contributed by atoms with Crippen LogP contribution in [0.4, 0.5) is 4.79 Å². The normalized spacial score (nSPS) is 15.8. The number of pyridine rings is 1. The van der Waals surface area contributed by atoms with Gasteiger partial charge in [-0.25, -0.2) is 18.0 Å². The molecule has 1 amide bonds. The molecule has 10 nitrogen and oxygen atoms in total. The van der Waals surface area contributed by atoms with Gasteiger partial charge in [-0.15, -0.1) is 0 Å². The first kappa shape index (κ1) is 29.0. The van der Waals surface area contributed by atoms with Crippen molar-refractivity contribution in [1.82, 2.24) is 9.88 Å². The lowest BCUT2D eigenvalue weighted by molar-refractivity contribution is 0.00363. The summed E-state index contributed by atoms with van der Waals surface area (Å²) in [5, 5.41) is 20.0. The number of carbonyl (C=O) groups is 2. The summed E-state index contributed by atoms with van der Waals surface area (Å²) in [4.78, 5) is 29.7. The Morgan fingerprint density at radius 3 is 2.55 bits per heavy atom. The van der Waals surface area contributed by atoms with Gasteiger partial charge in [0.15, 0.2) is 0 Å². The van der Waals surface area contributed by atoms with Crippen LogP contribution < -0.4 is 4.74 Å². The highest BCUT2D eigenvalue weighted by Crippen LogP contribution is 2.32. The van der Waals surface area contributed by atoms with Gasteiger partial charge < -0.3 is 24.6 Å². The Kier molecular flexibility index (Phi) is 8.45. The average Bonchev–Trinajstić information content (AvgIpc) is 2.91. The first-order valence-corrected chi connectivity index (χ1v) is 14.3. The number of aromatic nitrogens is 1. The van der Waals surface area contributed by atoms with Crippen LogP contribution in [0.25, 0.3) is 0 Å². The van der Waals surface area contributed by atoms with Crippen LogP contribution in [0.15, 0.2) is 76.8 Å². The zero-order chi connectivity index (χ0) is 29.1. The van der Waals surface area contributed by atoms with Crippen LogP contribution in [0.2, 0.25) is 0 Å². The number of aliphatic hydroxyl groups excluding tert-OH is 1. The summed E-state index contributed by atoms with van der Waals surface area (Å²) in [5.74, 6) is -0.721. The molecule has 0 spiro atoms. The van der Waals surface area contributed by atoms with Crippen molar-refractivity contribution in [3.63, 3.8) is 0 Å². The third-order valence-electron chi connectivity index (χ3n) is 6.30. The van der Waals surface area contributed by atoms with Gasteiger partial charge in [0.2, 0.25) is 9.84 Å². The number of hydrogen-bond donors (Lipinski definition) is 2. The third kappa shape index (κ3) is 6.97. The number of carboxylic acids is 1. The molecule has 40 heavy (non-hydrogen) atoms. The van der Waals surface area contributed by atoms with Gasteiger partial charge in [-0.05, 0) is 81.6 Å². The van der Waals surface area contributed by atoms with Gasteiger partial charge in [-0.1, -0.05) is 12.1 Å². The second-order valence-corrected chi connectivity index (χ2v) is 12.5. The average molecular weight is 569 g/mol. The zero-order valence-corrected chi connectivity index (χ0v) is 23.3. The van der Waals surface area contributed by atoms with E-state index < -0.39 is 39.7 Å². The first-order chi connectivity index (χ1) is 18.8. The molecule has 1 aromatic heterocycles. The minimum absolute atomic E-state index is 0.0279. The largest absolute Gasteiger partial charge is 0.488 e. The number of carboxylic acid groups (broad SMARTS) is 1. The van der Waals surface area contributed by atoms with Gasteiger partial charge in [-0.3, -0.25) is 4.98 Å². The van der Waals surface area contributed by atoms with E-state index in [2.05, 4.69) is 4.98 Å². The maximum absolute atomic E-state index is 13.2. The quantitative estimate of drug-likeness (QED) is 0.407. The Balaban J connectivity index is 1.51.